The summed E-state index contributed by atoms with van der Waals surface area (Å²) in [6.45, 7) is 5.83. The number of benzene rings is 1. The van der Waals surface area contributed by atoms with Crippen LogP contribution in [0.4, 0.5) is 4.39 Å². The summed E-state index contributed by atoms with van der Waals surface area (Å²) in [6.07, 6.45) is 3.27. The van der Waals surface area contributed by atoms with Crippen LogP contribution in [0, 0.1) is 12.7 Å². The fourth-order valence-corrected chi connectivity index (χ4v) is 2.43. The van der Waals surface area contributed by atoms with Gasteiger partial charge in [0.2, 0.25) is 0 Å². The number of hydrogen-bond donors (Lipinski definition) is 2. The zero-order valence-electron chi connectivity index (χ0n) is 12.2. The molecular weight excluding hydrogens is 278 g/mol. The largest absolute Gasteiger partial charge is 0.507 e. The highest BCUT2D eigenvalue weighted by molar-refractivity contribution is 6.32. The average molecular weight is 293 g/mol. The Kier molecular flexibility index (Phi) is 3.63. The lowest BCUT2D eigenvalue weighted by Crippen LogP contribution is -2.26. The molecule has 1 aliphatic rings. The molecule has 1 radical (unpaired) electrons. The Morgan fingerprint density at radius 3 is 2.59 bits per heavy atom. The fourth-order valence-electron chi connectivity index (χ4n) is 2.43. The summed E-state index contributed by atoms with van der Waals surface area (Å²) in [5.41, 5.74) is 3.85. The van der Waals surface area contributed by atoms with Gasteiger partial charge in [0.25, 0.3) is 0 Å². The predicted molar refractivity (Wildman–Crippen MR) is 86.8 cm³/mol. The first-order valence-corrected chi connectivity index (χ1v) is 6.90. The van der Waals surface area contributed by atoms with E-state index >= 15 is 0 Å². The minimum Gasteiger partial charge on any atom is -0.507 e. The van der Waals surface area contributed by atoms with Gasteiger partial charge in [-0.15, -0.1) is 0 Å². The number of halogens is 1. The minimum absolute atomic E-state index is 0.101. The molecule has 0 amide bonds. The van der Waals surface area contributed by atoms with Crippen LogP contribution < -0.4 is 5.23 Å². The molecule has 2 aromatic rings. The lowest BCUT2D eigenvalue weighted by molar-refractivity contribution is 0.435. The molecule has 0 fully saturated rings. The maximum atomic E-state index is 13.2. The highest BCUT2D eigenvalue weighted by atomic mass is 19.1. The third kappa shape index (κ3) is 2.57. The van der Waals surface area contributed by atoms with Gasteiger partial charge in [-0.2, -0.15) is 0 Å². The molecule has 0 bridgehead atoms. The van der Waals surface area contributed by atoms with Gasteiger partial charge in [-0.25, -0.2) is 4.39 Å². The van der Waals surface area contributed by atoms with Crippen molar-refractivity contribution in [2.75, 3.05) is 0 Å². The van der Waals surface area contributed by atoms with Gasteiger partial charge in [-0.1, -0.05) is 18.7 Å². The highest BCUT2D eigenvalue weighted by Gasteiger charge is 2.17. The quantitative estimate of drug-likeness (QED) is 0.792. The second-order valence-electron chi connectivity index (χ2n) is 5.13. The molecular formula is C17H15BFN2O. The van der Waals surface area contributed by atoms with Crippen LogP contribution in [0.25, 0.3) is 5.57 Å². The summed E-state index contributed by atoms with van der Waals surface area (Å²) in [4.78, 5) is 0. The smallest absolute Gasteiger partial charge is 0.393 e. The third-order valence-electron chi connectivity index (χ3n) is 3.59. The van der Waals surface area contributed by atoms with Crippen LogP contribution in [-0.4, -0.2) is 17.1 Å². The Morgan fingerprint density at radius 1 is 1.14 bits per heavy atom. The van der Waals surface area contributed by atoms with Crippen LogP contribution in [0.15, 0.2) is 66.6 Å². The van der Waals surface area contributed by atoms with Gasteiger partial charge in [0.1, 0.15) is 11.6 Å². The summed E-state index contributed by atoms with van der Waals surface area (Å²) in [5, 5.41) is 13.6. The van der Waals surface area contributed by atoms with Crippen molar-refractivity contribution in [3.63, 3.8) is 0 Å². The molecule has 1 aromatic heterocycles. The van der Waals surface area contributed by atoms with Crippen molar-refractivity contribution in [2.24, 2.45) is 0 Å². The number of aromatic nitrogens is 1. The van der Waals surface area contributed by atoms with Gasteiger partial charge in [0.05, 0.1) is 0 Å². The number of aliphatic hydroxyl groups is 1. The average Bonchev–Trinajstić information content (AvgIpc) is 2.87. The maximum absolute atomic E-state index is 13.2. The Bertz CT molecular complexity index is 787. The molecule has 2 heterocycles. The predicted octanol–water partition coefficient (Wildman–Crippen LogP) is 3.31. The summed E-state index contributed by atoms with van der Waals surface area (Å²) in [7, 11) is 1.79. The first-order chi connectivity index (χ1) is 10.6. The van der Waals surface area contributed by atoms with Gasteiger partial charge in [-0.3, -0.25) is 0 Å². The van der Waals surface area contributed by atoms with Crippen molar-refractivity contribution in [1.82, 2.24) is 9.71 Å². The molecule has 109 valence electrons. The Balaban J connectivity index is 2.24. The Labute approximate surface area is 129 Å². The van der Waals surface area contributed by atoms with Crippen molar-refractivity contribution < 1.29 is 9.50 Å². The van der Waals surface area contributed by atoms with Gasteiger partial charge in [-0.05, 0) is 48.9 Å². The van der Waals surface area contributed by atoms with Crippen LogP contribution in [0.5, 0.6) is 0 Å². The Morgan fingerprint density at radius 2 is 1.86 bits per heavy atom. The van der Waals surface area contributed by atoms with E-state index in [1.807, 2.05) is 23.5 Å². The molecule has 3 nitrogen and oxygen atoms in total. The van der Waals surface area contributed by atoms with Crippen LogP contribution in [0.1, 0.15) is 17.0 Å². The first-order valence-electron chi connectivity index (χ1n) is 6.90. The van der Waals surface area contributed by atoms with E-state index < -0.39 is 0 Å². The molecule has 0 saturated heterocycles. The van der Waals surface area contributed by atoms with E-state index in [4.69, 9.17) is 0 Å². The van der Waals surface area contributed by atoms with E-state index in [-0.39, 0.29) is 11.6 Å². The molecule has 22 heavy (non-hydrogen) atoms. The molecule has 1 aliphatic heterocycles. The van der Waals surface area contributed by atoms with E-state index in [1.54, 1.807) is 31.8 Å². The molecule has 0 atom stereocenters. The minimum atomic E-state index is -0.310. The number of nitrogens with zero attached hydrogens (tertiary/aromatic N) is 1. The van der Waals surface area contributed by atoms with Gasteiger partial charge < -0.3 is 14.8 Å². The summed E-state index contributed by atoms with van der Waals surface area (Å²) < 4.78 is 15.1. The van der Waals surface area contributed by atoms with Crippen LogP contribution in [0.2, 0.25) is 0 Å². The van der Waals surface area contributed by atoms with E-state index in [1.165, 1.54) is 12.1 Å². The zero-order valence-corrected chi connectivity index (χ0v) is 12.2. The van der Waals surface area contributed by atoms with Crippen LogP contribution in [-0.2, 0) is 0 Å². The van der Waals surface area contributed by atoms with Crippen molar-refractivity contribution in [3.05, 3.63) is 89.4 Å². The topological polar surface area (TPSA) is 37.2 Å². The third-order valence-corrected chi connectivity index (χ3v) is 3.59. The number of hydrogen-bond acceptors (Lipinski definition) is 2. The van der Waals surface area contributed by atoms with Crippen molar-refractivity contribution in [2.45, 2.75) is 6.92 Å². The maximum Gasteiger partial charge on any atom is 0.393 e. The lowest BCUT2D eigenvalue weighted by Gasteiger charge is -2.14. The molecule has 3 rings (SSSR count). The van der Waals surface area contributed by atoms with Crippen molar-refractivity contribution in [1.29, 1.82) is 0 Å². The van der Waals surface area contributed by atoms with E-state index in [0.717, 1.165) is 17.0 Å². The summed E-state index contributed by atoms with van der Waals surface area (Å²) in [5.74, 6) is -0.208. The van der Waals surface area contributed by atoms with E-state index in [0.29, 0.717) is 11.3 Å². The van der Waals surface area contributed by atoms with Gasteiger partial charge in [0.15, 0.2) is 0 Å². The molecule has 0 unspecified atom stereocenters. The van der Waals surface area contributed by atoms with Crippen molar-refractivity contribution >= 4 is 13.1 Å². The number of aliphatic hydroxyl groups excluding tert-OH is 1. The van der Waals surface area contributed by atoms with Crippen molar-refractivity contribution in [3.8, 4) is 0 Å². The normalized spacial score (nSPS) is 19.3. The Hall–Kier alpha value is -2.69. The van der Waals surface area contributed by atoms with Gasteiger partial charge in [0, 0.05) is 22.7 Å². The second kappa shape index (κ2) is 5.60. The number of rotatable bonds is 1. The van der Waals surface area contributed by atoms with Crippen LogP contribution in [0.3, 0.4) is 0 Å². The summed E-state index contributed by atoms with van der Waals surface area (Å²) in [6, 6.07) is 9.95. The van der Waals surface area contributed by atoms with E-state index in [9.17, 15) is 9.50 Å². The number of nitrogens with one attached hydrogen (secondary N) is 1. The second-order valence-corrected chi connectivity index (χ2v) is 5.13. The highest BCUT2D eigenvalue weighted by Crippen LogP contribution is 2.28. The zero-order chi connectivity index (χ0) is 15.7. The molecule has 1 aromatic carbocycles. The summed E-state index contributed by atoms with van der Waals surface area (Å²) >= 11 is 0. The molecule has 2 N–H and O–H groups in total. The monoisotopic (exact) mass is 293 g/mol. The number of aryl methyl sites for hydroxylation is 1. The fraction of sp³-hybridized carbons (Fsp3) is 0.0588. The molecule has 0 saturated carbocycles. The molecule has 5 heteroatoms. The number of allylic oxidation sites excluding steroid dienone is 2. The SMILES string of the molecule is C=C1/C=C\C(O)=C(/c2ccc(F)cc2)c2ccc(C)n2[B]N1. The lowest BCUT2D eigenvalue weighted by atomic mass is 9.99. The molecule has 0 spiro atoms. The number of fused-ring (bicyclic) bond motifs is 1. The molecule has 0 aliphatic carbocycles. The standard InChI is InChI=1S/C17H15BFN2O/c1-11-3-10-16(22)17(13-5-7-14(19)8-6-13)15-9-4-12(2)21(15)18-20-11/h3-10,20,22H,1H2,2H3/b10-3-,17-16-. The first kappa shape index (κ1) is 14.3. The van der Waals surface area contributed by atoms with Gasteiger partial charge >= 0.3 is 7.55 Å². The van der Waals surface area contributed by atoms with E-state index in [2.05, 4.69) is 11.8 Å². The van der Waals surface area contributed by atoms with Crippen LogP contribution >= 0.6 is 0 Å².